The Hall–Kier alpha value is -1.30. The molecule has 116 valence electrons. The van der Waals surface area contributed by atoms with Crippen LogP contribution in [0.4, 0.5) is 0 Å². The van der Waals surface area contributed by atoms with Gasteiger partial charge in [0.1, 0.15) is 0 Å². The van der Waals surface area contributed by atoms with Gasteiger partial charge in [0.2, 0.25) is 5.91 Å². The summed E-state index contributed by atoms with van der Waals surface area (Å²) in [6, 6.07) is 1.94. The van der Waals surface area contributed by atoms with Crippen molar-refractivity contribution in [2.24, 2.45) is 0 Å². The molecule has 1 aromatic heterocycles. The fourth-order valence-corrected chi connectivity index (χ4v) is 2.97. The molecule has 1 amide bonds. The zero-order valence-electron chi connectivity index (χ0n) is 12.5. The number of nitrogens with one attached hydrogen (secondary N) is 1. The van der Waals surface area contributed by atoms with E-state index in [1.165, 1.54) is 30.7 Å². The number of aromatic nitrogens is 2. The van der Waals surface area contributed by atoms with Crippen molar-refractivity contribution < 1.29 is 4.79 Å². The van der Waals surface area contributed by atoms with Crippen LogP contribution in [0.2, 0.25) is 0 Å². The van der Waals surface area contributed by atoms with Gasteiger partial charge in [0.15, 0.2) is 5.16 Å². The minimum Gasteiger partial charge on any atom is -0.355 e. The van der Waals surface area contributed by atoms with Gasteiger partial charge in [0, 0.05) is 24.8 Å². The van der Waals surface area contributed by atoms with Crippen molar-refractivity contribution in [3.8, 4) is 0 Å². The van der Waals surface area contributed by atoms with Crippen molar-refractivity contribution in [2.75, 3.05) is 12.3 Å². The molecule has 0 bridgehead atoms. The number of amides is 1. The Morgan fingerprint density at radius 2 is 2.24 bits per heavy atom. The second-order valence-electron chi connectivity index (χ2n) is 5.39. The molecule has 0 radical (unpaired) electrons. The molecule has 1 fully saturated rings. The molecular formula is C15H23N3O2S. The Kier molecular flexibility index (Phi) is 6.29. The molecule has 21 heavy (non-hydrogen) atoms. The van der Waals surface area contributed by atoms with E-state index in [1.807, 2.05) is 4.57 Å². The number of rotatable bonds is 9. The van der Waals surface area contributed by atoms with E-state index in [0.29, 0.717) is 17.0 Å². The van der Waals surface area contributed by atoms with Crippen molar-refractivity contribution in [1.29, 1.82) is 0 Å². The van der Waals surface area contributed by atoms with Gasteiger partial charge < -0.3 is 9.88 Å². The lowest BCUT2D eigenvalue weighted by Crippen LogP contribution is -2.26. The van der Waals surface area contributed by atoms with Crippen LogP contribution in [0.1, 0.15) is 51.5 Å². The smallest absolute Gasteiger partial charge is 0.273 e. The van der Waals surface area contributed by atoms with Gasteiger partial charge in [-0.25, -0.2) is 0 Å². The minimum absolute atomic E-state index is 0.0111. The molecule has 0 aromatic carbocycles. The summed E-state index contributed by atoms with van der Waals surface area (Å²) < 4.78 is 2.01. The third kappa shape index (κ3) is 5.53. The van der Waals surface area contributed by atoms with Crippen LogP contribution in [0, 0.1) is 0 Å². The van der Waals surface area contributed by atoms with Crippen LogP contribution in [-0.4, -0.2) is 27.8 Å². The van der Waals surface area contributed by atoms with Crippen LogP contribution in [0.3, 0.4) is 0 Å². The minimum atomic E-state index is -0.241. The molecule has 1 N–H and O–H groups in total. The maximum atomic E-state index is 11.8. The highest BCUT2D eigenvalue weighted by molar-refractivity contribution is 7.99. The number of unbranched alkanes of at least 4 members (excludes halogenated alkanes) is 3. The maximum Gasteiger partial charge on any atom is 0.273 e. The van der Waals surface area contributed by atoms with E-state index in [4.69, 9.17) is 0 Å². The molecule has 1 aliphatic carbocycles. The first-order valence-corrected chi connectivity index (χ1v) is 8.68. The molecule has 0 spiro atoms. The normalized spacial score (nSPS) is 14.1. The Labute approximate surface area is 129 Å². The molecule has 6 heteroatoms. The molecule has 0 saturated heterocycles. The van der Waals surface area contributed by atoms with E-state index in [9.17, 15) is 9.59 Å². The molecule has 1 heterocycles. The molecule has 1 saturated carbocycles. The van der Waals surface area contributed by atoms with Gasteiger partial charge in [0.05, 0.1) is 5.75 Å². The Bertz CT molecular complexity index is 526. The van der Waals surface area contributed by atoms with E-state index in [1.54, 1.807) is 6.20 Å². The summed E-state index contributed by atoms with van der Waals surface area (Å²) in [4.78, 5) is 27.2. The lowest BCUT2D eigenvalue weighted by Gasteiger charge is -2.10. The third-order valence-corrected chi connectivity index (χ3v) is 4.40. The highest BCUT2D eigenvalue weighted by Crippen LogP contribution is 2.36. The van der Waals surface area contributed by atoms with Crippen LogP contribution in [-0.2, 0) is 4.79 Å². The number of carbonyl (C=O) groups is 1. The number of thioether (sulfide) groups is 1. The SMILES string of the molecule is CCCCCCNC(=O)CSc1nc(=O)ccn1C1CC1. The van der Waals surface area contributed by atoms with Crippen LogP contribution in [0.5, 0.6) is 0 Å². The fraction of sp³-hybridized carbons (Fsp3) is 0.667. The fourth-order valence-electron chi connectivity index (χ4n) is 2.10. The number of hydrogen-bond acceptors (Lipinski definition) is 4. The Morgan fingerprint density at radius 1 is 1.43 bits per heavy atom. The maximum absolute atomic E-state index is 11.8. The molecular weight excluding hydrogens is 286 g/mol. The zero-order valence-corrected chi connectivity index (χ0v) is 13.3. The van der Waals surface area contributed by atoms with Gasteiger partial charge >= 0.3 is 0 Å². The molecule has 2 rings (SSSR count). The first-order valence-electron chi connectivity index (χ1n) is 7.69. The van der Waals surface area contributed by atoms with Gasteiger partial charge in [-0.3, -0.25) is 9.59 Å². The van der Waals surface area contributed by atoms with E-state index in [-0.39, 0.29) is 11.5 Å². The second-order valence-corrected chi connectivity index (χ2v) is 6.33. The van der Waals surface area contributed by atoms with Crippen LogP contribution >= 0.6 is 11.8 Å². The van der Waals surface area contributed by atoms with E-state index in [0.717, 1.165) is 32.2 Å². The number of nitrogens with zero attached hydrogens (tertiary/aromatic N) is 2. The molecule has 0 atom stereocenters. The van der Waals surface area contributed by atoms with Gasteiger partial charge in [-0.05, 0) is 19.3 Å². The van der Waals surface area contributed by atoms with Crippen LogP contribution < -0.4 is 10.9 Å². The molecule has 5 nitrogen and oxygen atoms in total. The standard InChI is InChI=1S/C15H23N3O2S/c1-2-3-4-5-9-16-14(20)11-21-15-17-13(19)8-10-18(15)12-6-7-12/h8,10,12H,2-7,9,11H2,1H3,(H,16,20). The first kappa shape index (κ1) is 16.1. The Morgan fingerprint density at radius 3 is 2.95 bits per heavy atom. The topological polar surface area (TPSA) is 64.0 Å². The van der Waals surface area contributed by atoms with Crippen LogP contribution in [0.15, 0.2) is 22.2 Å². The van der Waals surface area contributed by atoms with Crippen molar-refractivity contribution in [3.63, 3.8) is 0 Å². The molecule has 1 aromatic rings. The van der Waals surface area contributed by atoms with Crippen molar-refractivity contribution in [1.82, 2.24) is 14.9 Å². The lowest BCUT2D eigenvalue weighted by atomic mass is 10.2. The number of carbonyl (C=O) groups excluding carboxylic acids is 1. The second kappa shape index (κ2) is 8.22. The van der Waals surface area contributed by atoms with E-state index in [2.05, 4.69) is 17.2 Å². The summed E-state index contributed by atoms with van der Waals surface area (Å²) in [6.45, 7) is 2.90. The predicted octanol–water partition coefficient (Wildman–Crippen LogP) is 2.37. The highest BCUT2D eigenvalue weighted by atomic mass is 32.2. The largest absolute Gasteiger partial charge is 0.355 e. The molecule has 0 aliphatic heterocycles. The lowest BCUT2D eigenvalue weighted by molar-refractivity contribution is -0.118. The average Bonchev–Trinajstić information content (AvgIpc) is 3.29. The molecule has 1 aliphatic rings. The highest BCUT2D eigenvalue weighted by Gasteiger charge is 2.25. The Balaban J connectivity index is 1.76. The summed E-state index contributed by atoms with van der Waals surface area (Å²) in [6.07, 6.45) is 8.64. The van der Waals surface area contributed by atoms with Gasteiger partial charge in [0.25, 0.3) is 5.56 Å². The van der Waals surface area contributed by atoms with Crippen molar-refractivity contribution in [3.05, 3.63) is 22.6 Å². The number of hydrogen-bond donors (Lipinski definition) is 1. The zero-order chi connectivity index (χ0) is 15.1. The van der Waals surface area contributed by atoms with Gasteiger partial charge in [-0.2, -0.15) is 4.98 Å². The third-order valence-electron chi connectivity index (χ3n) is 3.43. The monoisotopic (exact) mass is 309 g/mol. The van der Waals surface area contributed by atoms with Crippen LogP contribution in [0.25, 0.3) is 0 Å². The van der Waals surface area contributed by atoms with E-state index < -0.39 is 0 Å². The molecule has 0 unspecified atom stereocenters. The quantitative estimate of drug-likeness (QED) is 0.432. The summed E-state index contributed by atoms with van der Waals surface area (Å²) in [5, 5.41) is 3.57. The average molecular weight is 309 g/mol. The van der Waals surface area contributed by atoms with Crippen molar-refractivity contribution in [2.45, 2.75) is 56.6 Å². The first-order chi connectivity index (χ1) is 10.2. The van der Waals surface area contributed by atoms with Crippen molar-refractivity contribution >= 4 is 17.7 Å². The van der Waals surface area contributed by atoms with Gasteiger partial charge in [-0.15, -0.1) is 0 Å². The summed E-state index contributed by atoms with van der Waals surface area (Å²) in [5.41, 5.74) is -0.241. The summed E-state index contributed by atoms with van der Waals surface area (Å²) in [5.74, 6) is 0.327. The summed E-state index contributed by atoms with van der Waals surface area (Å²) in [7, 11) is 0. The summed E-state index contributed by atoms with van der Waals surface area (Å²) >= 11 is 1.35. The van der Waals surface area contributed by atoms with Gasteiger partial charge in [-0.1, -0.05) is 37.9 Å². The predicted molar refractivity (Wildman–Crippen MR) is 84.6 cm³/mol. The van der Waals surface area contributed by atoms with E-state index >= 15 is 0 Å².